The van der Waals surface area contributed by atoms with Gasteiger partial charge in [0.2, 0.25) is 15.8 Å². The fourth-order valence-electron chi connectivity index (χ4n) is 2.47. The molecule has 2 rings (SSSR count). The van der Waals surface area contributed by atoms with Crippen LogP contribution in [-0.4, -0.2) is 44.2 Å². The summed E-state index contributed by atoms with van der Waals surface area (Å²) in [6.07, 6.45) is 4.39. The van der Waals surface area contributed by atoms with Gasteiger partial charge in [0.15, 0.2) is 0 Å². The maximum Gasteiger partial charge on any atom is 0.311 e. The third-order valence-electron chi connectivity index (χ3n) is 3.42. The Morgan fingerprint density at radius 1 is 1.57 bits per heavy atom. The second kappa shape index (κ2) is 6.35. The van der Waals surface area contributed by atoms with Crippen LogP contribution in [-0.2, 0) is 10.0 Å². The van der Waals surface area contributed by atoms with Crippen molar-refractivity contribution in [3.63, 3.8) is 0 Å². The lowest BCUT2D eigenvalue weighted by Gasteiger charge is -2.33. The topological polar surface area (TPSA) is 105 Å². The van der Waals surface area contributed by atoms with Crippen LogP contribution in [0, 0.1) is 16.0 Å². The molecule has 1 aromatic rings. The van der Waals surface area contributed by atoms with Crippen molar-refractivity contribution in [2.24, 2.45) is 5.92 Å². The number of hydrogen-bond acceptors (Lipinski definition) is 6. The molecule has 0 unspecified atom stereocenters. The second-order valence-corrected chi connectivity index (χ2v) is 7.01. The third kappa shape index (κ3) is 4.36. The van der Waals surface area contributed by atoms with Gasteiger partial charge < -0.3 is 4.90 Å². The molecule has 1 fully saturated rings. The van der Waals surface area contributed by atoms with E-state index < -0.39 is 14.9 Å². The van der Waals surface area contributed by atoms with Crippen LogP contribution in [0.1, 0.15) is 12.8 Å². The van der Waals surface area contributed by atoms with Crippen LogP contribution in [0.2, 0.25) is 0 Å². The van der Waals surface area contributed by atoms with E-state index in [0.717, 1.165) is 19.1 Å². The first-order chi connectivity index (χ1) is 9.87. The van der Waals surface area contributed by atoms with Gasteiger partial charge in [-0.15, -0.1) is 0 Å². The molecule has 1 aromatic heterocycles. The van der Waals surface area contributed by atoms with Crippen molar-refractivity contribution in [2.45, 2.75) is 12.8 Å². The summed E-state index contributed by atoms with van der Waals surface area (Å²) in [6.45, 7) is 1.59. The van der Waals surface area contributed by atoms with Gasteiger partial charge in [0.25, 0.3) is 0 Å². The molecule has 0 aromatic carbocycles. The first-order valence-electron chi connectivity index (χ1n) is 6.66. The summed E-state index contributed by atoms with van der Waals surface area (Å²) in [5.74, 6) is 0.474. The molecule has 0 spiro atoms. The predicted molar refractivity (Wildman–Crippen MR) is 78.7 cm³/mol. The SMILES string of the molecule is CS(=O)(=O)NC[C@@H]1CCCN(c2ncccc2[N+](=O)[O-])C1. The Bertz CT molecular complexity index is 619. The number of rotatable bonds is 5. The number of pyridine rings is 1. The first-order valence-corrected chi connectivity index (χ1v) is 8.55. The summed E-state index contributed by atoms with van der Waals surface area (Å²) in [7, 11) is -3.22. The number of piperidine rings is 1. The minimum absolute atomic E-state index is 0.0192. The Labute approximate surface area is 123 Å². The van der Waals surface area contributed by atoms with Crippen molar-refractivity contribution in [2.75, 3.05) is 30.8 Å². The van der Waals surface area contributed by atoms with E-state index in [-0.39, 0.29) is 11.6 Å². The molecule has 1 N–H and O–H groups in total. The predicted octanol–water partition coefficient (Wildman–Crippen LogP) is 0.755. The lowest BCUT2D eigenvalue weighted by atomic mass is 9.98. The van der Waals surface area contributed by atoms with Gasteiger partial charge in [0.05, 0.1) is 11.2 Å². The zero-order valence-corrected chi connectivity index (χ0v) is 12.5. The molecule has 1 aliphatic heterocycles. The number of nitrogens with one attached hydrogen (secondary N) is 1. The van der Waals surface area contributed by atoms with Crippen molar-refractivity contribution in [1.82, 2.24) is 9.71 Å². The van der Waals surface area contributed by atoms with Crippen LogP contribution in [0.4, 0.5) is 11.5 Å². The molecule has 9 heteroatoms. The van der Waals surface area contributed by atoms with E-state index in [0.29, 0.717) is 25.5 Å². The van der Waals surface area contributed by atoms with E-state index in [1.165, 1.54) is 18.3 Å². The minimum Gasteiger partial charge on any atom is -0.351 e. The molecule has 116 valence electrons. The normalized spacial score (nSPS) is 19.5. The van der Waals surface area contributed by atoms with Crippen molar-refractivity contribution < 1.29 is 13.3 Å². The van der Waals surface area contributed by atoms with Gasteiger partial charge in [-0.1, -0.05) is 0 Å². The highest BCUT2D eigenvalue weighted by molar-refractivity contribution is 7.88. The van der Waals surface area contributed by atoms with E-state index >= 15 is 0 Å². The smallest absolute Gasteiger partial charge is 0.311 e. The Hall–Kier alpha value is -1.74. The number of anilines is 1. The summed E-state index contributed by atoms with van der Waals surface area (Å²) in [5, 5.41) is 11.1. The quantitative estimate of drug-likeness (QED) is 0.635. The van der Waals surface area contributed by atoms with Crippen molar-refractivity contribution in [3.05, 3.63) is 28.4 Å². The maximum atomic E-state index is 11.1. The van der Waals surface area contributed by atoms with Gasteiger partial charge in [-0.05, 0) is 24.8 Å². The molecule has 1 atom stereocenters. The van der Waals surface area contributed by atoms with Gasteiger partial charge in [-0.2, -0.15) is 0 Å². The molecule has 2 heterocycles. The number of hydrogen-bond donors (Lipinski definition) is 1. The van der Waals surface area contributed by atoms with Crippen LogP contribution >= 0.6 is 0 Å². The zero-order chi connectivity index (χ0) is 15.5. The molecule has 1 aliphatic rings. The summed E-state index contributed by atoms with van der Waals surface area (Å²) >= 11 is 0. The van der Waals surface area contributed by atoms with Crippen molar-refractivity contribution >= 4 is 21.5 Å². The Morgan fingerprint density at radius 2 is 2.33 bits per heavy atom. The second-order valence-electron chi connectivity index (χ2n) is 5.18. The van der Waals surface area contributed by atoms with Crippen LogP contribution < -0.4 is 9.62 Å². The van der Waals surface area contributed by atoms with Gasteiger partial charge >= 0.3 is 5.69 Å². The fraction of sp³-hybridized carbons (Fsp3) is 0.583. The van der Waals surface area contributed by atoms with Gasteiger partial charge in [0.1, 0.15) is 0 Å². The summed E-state index contributed by atoms with van der Waals surface area (Å²) in [6, 6.07) is 2.97. The van der Waals surface area contributed by atoms with E-state index in [1.807, 2.05) is 4.90 Å². The molecule has 0 radical (unpaired) electrons. The average Bonchev–Trinajstić information content (AvgIpc) is 2.45. The fourth-order valence-corrected chi connectivity index (χ4v) is 3.01. The maximum absolute atomic E-state index is 11.1. The van der Waals surface area contributed by atoms with E-state index in [4.69, 9.17) is 0 Å². The molecular weight excluding hydrogens is 296 g/mol. The highest BCUT2D eigenvalue weighted by Crippen LogP contribution is 2.28. The van der Waals surface area contributed by atoms with Crippen LogP contribution in [0.3, 0.4) is 0 Å². The zero-order valence-electron chi connectivity index (χ0n) is 11.7. The summed E-state index contributed by atoms with van der Waals surface area (Å²) in [4.78, 5) is 16.6. The highest BCUT2D eigenvalue weighted by atomic mass is 32.2. The number of aromatic nitrogens is 1. The average molecular weight is 314 g/mol. The number of nitrogens with zero attached hydrogens (tertiary/aromatic N) is 3. The van der Waals surface area contributed by atoms with Crippen LogP contribution in [0.25, 0.3) is 0 Å². The van der Waals surface area contributed by atoms with Gasteiger partial charge in [0, 0.05) is 31.9 Å². The standard InChI is InChI=1S/C12H18N4O4S/c1-21(19,20)14-8-10-4-3-7-15(9-10)12-11(16(17)18)5-2-6-13-12/h2,5-6,10,14H,3-4,7-9H2,1H3/t10-/m0/s1. The Morgan fingerprint density at radius 3 is 3.00 bits per heavy atom. The number of nitro groups is 1. The molecule has 21 heavy (non-hydrogen) atoms. The Kier molecular flexibility index (Phi) is 4.73. The van der Waals surface area contributed by atoms with Gasteiger partial charge in [-0.3, -0.25) is 10.1 Å². The molecule has 0 saturated carbocycles. The Balaban J connectivity index is 2.09. The van der Waals surface area contributed by atoms with E-state index in [2.05, 4.69) is 9.71 Å². The van der Waals surface area contributed by atoms with Crippen LogP contribution in [0.15, 0.2) is 18.3 Å². The van der Waals surface area contributed by atoms with Gasteiger partial charge in [-0.25, -0.2) is 18.1 Å². The first kappa shape index (κ1) is 15.6. The molecule has 1 saturated heterocycles. The molecule has 0 aliphatic carbocycles. The van der Waals surface area contributed by atoms with Crippen molar-refractivity contribution in [3.8, 4) is 0 Å². The molecule has 0 amide bonds. The van der Waals surface area contributed by atoms with Crippen molar-refractivity contribution in [1.29, 1.82) is 0 Å². The lowest BCUT2D eigenvalue weighted by molar-refractivity contribution is -0.384. The monoisotopic (exact) mass is 314 g/mol. The number of sulfonamides is 1. The summed E-state index contributed by atoms with van der Waals surface area (Å²) in [5.41, 5.74) is -0.0192. The largest absolute Gasteiger partial charge is 0.351 e. The highest BCUT2D eigenvalue weighted by Gasteiger charge is 2.26. The van der Waals surface area contributed by atoms with E-state index in [9.17, 15) is 18.5 Å². The third-order valence-corrected chi connectivity index (χ3v) is 4.11. The molecular formula is C12H18N4O4S. The lowest BCUT2D eigenvalue weighted by Crippen LogP contribution is -2.41. The van der Waals surface area contributed by atoms with Crippen LogP contribution in [0.5, 0.6) is 0 Å². The van der Waals surface area contributed by atoms with E-state index in [1.54, 1.807) is 0 Å². The molecule has 8 nitrogen and oxygen atoms in total. The minimum atomic E-state index is -3.22. The molecule has 0 bridgehead atoms. The summed E-state index contributed by atoms with van der Waals surface area (Å²) < 4.78 is 24.8.